The Hall–Kier alpha value is -0.720. The third-order valence-electron chi connectivity index (χ3n) is 3.87. The first kappa shape index (κ1) is 15.3. The lowest BCUT2D eigenvalue weighted by Crippen LogP contribution is -1.87. The average Bonchev–Trinajstić information content (AvgIpc) is 2.77. The number of hydrogen-bond acceptors (Lipinski definition) is 0. The summed E-state index contributed by atoms with van der Waals surface area (Å²) in [5.41, 5.74) is 2.86. The predicted octanol–water partition coefficient (Wildman–Crippen LogP) is 5.79. The third-order valence-corrected chi connectivity index (χ3v) is 3.87. The lowest BCUT2D eigenvalue weighted by atomic mass is 10.0. The minimum atomic E-state index is 1.26. The van der Waals surface area contributed by atoms with Crippen LogP contribution in [0.25, 0.3) is 0 Å². The van der Waals surface area contributed by atoms with Crippen molar-refractivity contribution in [2.45, 2.75) is 84.5 Å². The van der Waals surface area contributed by atoms with E-state index >= 15 is 0 Å². The fourth-order valence-corrected chi connectivity index (χ4v) is 2.56. The molecule has 0 atom stereocenters. The summed E-state index contributed by atoms with van der Waals surface area (Å²) in [6, 6.07) is 2.23. The number of aryl methyl sites for hydroxylation is 2. The molecule has 1 N–H and O–H groups in total. The van der Waals surface area contributed by atoms with Crippen molar-refractivity contribution in [3.63, 3.8) is 0 Å². The van der Waals surface area contributed by atoms with Gasteiger partial charge in [-0.1, -0.05) is 64.7 Å². The van der Waals surface area contributed by atoms with Gasteiger partial charge in [-0.25, -0.2) is 0 Å². The second kappa shape index (κ2) is 10.2. The summed E-state index contributed by atoms with van der Waals surface area (Å²) < 4.78 is 0. The molecule has 18 heavy (non-hydrogen) atoms. The van der Waals surface area contributed by atoms with E-state index in [1.807, 2.05) is 0 Å². The number of rotatable bonds is 11. The number of nitrogens with one attached hydrogen (secondary N) is 1. The molecule has 0 aliphatic rings. The summed E-state index contributed by atoms with van der Waals surface area (Å²) in [5, 5.41) is 0. The number of aromatic nitrogens is 1. The zero-order valence-electron chi connectivity index (χ0n) is 12.4. The van der Waals surface area contributed by atoms with Crippen molar-refractivity contribution in [1.82, 2.24) is 4.98 Å². The lowest BCUT2D eigenvalue weighted by Gasteiger charge is -2.02. The molecule has 0 aromatic carbocycles. The summed E-state index contributed by atoms with van der Waals surface area (Å²) in [6.07, 6.45) is 17.5. The molecular formula is C17H31N. The van der Waals surface area contributed by atoms with Crippen LogP contribution >= 0.6 is 0 Å². The quantitative estimate of drug-likeness (QED) is 0.478. The van der Waals surface area contributed by atoms with Gasteiger partial charge in [-0.2, -0.15) is 0 Å². The summed E-state index contributed by atoms with van der Waals surface area (Å²) >= 11 is 0. The molecule has 0 amide bonds. The fraction of sp³-hybridized carbons (Fsp3) is 0.765. The Bertz CT molecular complexity index is 288. The van der Waals surface area contributed by atoms with Gasteiger partial charge in [0.2, 0.25) is 0 Å². The van der Waals surface area contributed by atoms with E-state index in [0.29, 0.717) is 0 Å². The lowest BCUT2D eigenvalue weighted by molar-refractivity contribution is 0.556. The van der Waals surface area contributed by atoms with Crippen LogP contribution in [-0.4, -0.2) is 4.98 Å². The molecule has 1 rings (SSSR count). The van der Waals surface area contributed by atoms with E-state index in [1.54, 1.807) is 0 Å². The standard InChI is InChI=1S/C17H31N/c1-3-4-5-6-7-8-9-10-11-12-13-17-14-15-18-16(17)2/h14-15,18H,3-13H2,1-2H3. The molecule has 1 nitrogen and oxygen atoms in total. The molecule has 0 saturated carbocycles. The highest BCUT2D eigenvalue weighted by Gasteiger charge is 1.98. The van der Waals surface area contributed by atoms with Gasteiger partial charge >= 0.3 is 0 Å². The smallest absolute Gasteiger partial charge is 0.0148 e. The van der Waals surface area contributed by atoms with Crippen LogP contribution in [0, 0.1) is 6.92 Å². The Morgan fingerprint density at radius 2 is 1.39 bits per heavy atom. The Morgan fingerprint density at radius 1 is 0.833 bits per heavy atom. The van der Waals surface area contributed by atoms with Gasteiger partial charge in [0.1, 0.15) is 0 Å². The number of unbranched alkanes of at least 4 members (excludes halogenated alkanes) is 9. The SMILES string of the molecule is CCCCCCCCCCCCc1cc[nH]c1C. The van der Waals surface area contributed by atoms with Gasteiger partial charge in [0.25, 0.3) is 0 Å². The van der Waals surface area contributed by atoms with Gasteiger partial charge < -0.3 is 4.98 Å². The molecule has 0 saturated heterocycles. The van der Waals surface area contributed by atoms with Crippen LogP contribution < -0.4 is 0 Å². The maximum absolute atomic E-state index is 3.25. The van der Waals surface area contributed by atoms with Gasteiger partial charge in [0, 0.05) is 11.9 Å². The van der Waals surface area contributed by atoms with Gasteiger partial charge in [-0.05, 0) is 31.4 Å². The van der Waals surface area contributed by atoms with Crippen molar-refractivity contribution in [1.29, 1.82) is 0 Å². The van der Waals surface area contributed by atoms with Gasteiger partial charge in [0.05, 0.1) is 0 Å². The molecule has 0 spiro atoms. The largest absolute Gasteiger partial charge is 0.365 e. The molecule has 0 fully saturated rings. The van der Waals surface area contributed by atoms with E-state index in [2.05, 4.69) is 31.1 Å². The number of hydrogen-bond donors (Lipinski definition) is 1. The Balaban J connectivity index is 1.83. The molecule has 0 bridgehead atoms. The Kier molecular flexibility index (Phi) is 8.71. The van der Waals surface area contributed by atoms with Crippen molar-refractivity contribution >= 4 is 0 Å². The highest BCUT2D eigenvalue weighted by Crippen LogP contribution is 2.13. The van der Waals surface area contributed by atoms with Crippen molar-refractivity contribution in [3.8, 4) is 0 Å². The highest BCUT2D eigenvalue weighted by molar-refractivity contribution is 5.18. The second-order valence-electron chi connectivity index (χ2n) is 5.56. The molecule has 0 aliphatic heterocycles. The molecular weight excluding hydrogens is 218 g/mol. The summed E-state index contributed by atoms with van der Waals surface area (Å²) in [6.45, 7) is 4.46. The molecule has 104 valence electrons. The highest BCUT2D eigenvalue weighted by atomic mass is 14.7. The van der Waals surface area contributed by atoms with Gasteiger partial charge in [-0.3, -0.25) is 0 Å². The zero-order chi connectivity index (χ0) is 13.1. The summed E-state index contributed by atoms with van der Waals surface area (Å²) in [5.74, 6) is 0. The Labute approximate surface area is 113 Å². The molecule has 1 heteroatoms. The summed E-state index contributed by atoms with van der Waals surface area (Å²) in [4.78, 5) is 3.25. The van der Waals surface area contributed by atoms with Gasteiger partial charge in [0.15, 0.2) is 0 Å². The minimum absolute atomic E-state index is 1.26. The maximum Gasteiger partial charge on any atom is 0.0148 e. The van der Waals surface area contributed by atoms with Gasteiger partial charge in [-0.15, -0.1) is 0 Å². The third kappa shape index (κ3) is 6.88. The first-order valence-electron chi connectivity index (χ1n) is 7.97. The fourth-order valence-electron chi connectivity index (χ4n) is 2.56. The number of H-pyrrole nitrogens is 1. The molecule has 1 aromatic heterocycles. The molecule has 1 aromatic rings. The van der Waals surface area contributed by atoms with Crippen LogP contribution in [0.15, 0.2) is 12.3 Å². The van der Waals surface area contributed by atoms with Crippen molar-refractivity contribution in [2.24, 2.45) is 0 Å². The Morgan fingerprint density at radius 3 is 1.89 bits per heavy atom. The second-order valence-corrected chi connectivity index (χ2v) is 5.56. The monoisotopic (exact) mass is 249 g/mol. The van der Waals surface area contributed by atoms with E-state index < -0.39 is 0 Å². The van der Waals surface area contributed by atoms with Crippen LogP contribution in [0.2, 0.25) is 0 Å². The van der Waals surface area contributed by atoms with Crippen LogP contribution in [-0.2, 0) is 6.42 Å². The first-order valence-corrected chi connectivity index (χ1v) is 7.97. The van der Waals surface area contributed by atoms with E-state index in [1.165, 1.54) is 81.9 Å². The van der Waals surface area contributed by atoms with Crippen molar-refractivity contribution < 1.29 is 0 Å². The van der Waals surface area contributed by atoms with E-state index in [4.69, 9.17) is 0 Å². The van der Waals surface area contributed by atoms with Crippen molar-refractivity contribution in [2.75, 3.05) is 0 Å². The van der Waals surface area contributed by atoms with E-state index in [9.17, 15) is 0 Å². The minimum Gasteiger partial charge on any atom is -0.365 e. The molecule has 0 radical (unpaired) electrons. The van der Waals surface area contributed by atoms with Crippen LogP contribution in [0.1, 0.15) is 82.4 Å². The topological polar surface area (TPSA) is 15.8 Å². The van der Waals surface area contributed by atoms with Crippen LogP contribution in [0.3, 0.4) is 0 Å². The molecule has 0 aliphatic carbocycles. The number of aromatic amines is 1. The van der Waals surface area contributed by atoms with E-state index in [-0.39, 0.29) is 0 Å². The normalized spacial score (nSPS) is 11.0. The van der Waals surface area contributed by atoms with Crippen LogP contribution in [0.5, 0.6) is 0 Å². The molecule has 1 heterocycles. The summed E-state index contributed by atoms with van der Waals surface area (Å²) in [7, 11) is 0. The molecule has 0 unspecified atom stereocenters. The average molecular weight is 249 g/mol. The first-order chi connectivity index (χ1) is 8.84. The van der Waals surface area contributed by atoms with E-state index in [0.717, 1.165) is 0 Å². The zero-order valence-corrected chi connectivity index (χ0v) is 12.4. The predicted molar refractivity (Wildman–Crippen MR) is 81.1 cm³/mol. The van der Waals surface area contributed by atoms with Crippen LogP contribution in [0.4, 0.5) is 0 Å². The maximum atomic E-state index is 3.25. The van der Waals surface area contributed by atoms with Crippen molar-refractivity contribution in [3.05, 3.63) is 23.5 Å².